The molecule has 1 unspecified atom stereocenters. The summed E-state index contributed by atoms with van der Waals surface area (Å²) < 4.78 is 4.98. The molecule has 0 aliphatic heterocycles. The predicted molar refractivity (Wildman–Crippen MR) is 72.5 cm³/mol. The second kappa shape index (κ2) is 7.45. The molecule has 1 N–H and O–H groups in total. The van der Waals surface area contributed by atoms with Crippen LogP contribution in [0.25, 0.3) is 0 Å². The minimum atomic E-state index is 0.0415. The Morgan fingerprint density at radius 1 is 1.47 bits per heavy atom. The zero-order valence-electron chi connectivity index (χ0n) is 10.2. The summed E-state index contributed by atoms with van der Waals surface area (Å²) in [5.41, 5.74) is 2.22. The Kier molecular flexibility index (Phi) is 6.22. The lowest BCUT2D eigenvalue weighted by atomic mass is 10.1. The van der Waals surface area contributed by atoms with Crippen molar-refractivity contribution in [2.75, 3.05) is 20.3 Å². The highest BCUT2D eigenvalue weighted by Crippen LogP contribution is 2.07. The van der Waals surface area contributed by atoms with E-state index in [2.05, 4.69) is 21.2 Å². The SMILES string of the molecule is COCC(Br)CNC(=O)Cc1ccccc1C. The Morgan fingerprint density at radius 3 is 2.82 bits per heavy atom. The van der Waals surface area contributed by atoms with Crippen molar-refractivity contribution < 1.29 is 9.53 Å². The van der Waals surface area contributed by atoms with E-state index in [4.69, 9.17) is 4.74 Å². The molecule has 1 aromatic carbocycles. The largest absolute Gasteiger partial charge is 0.383 e. The standard InChI is InChI=1S/C13H18BrNO2/c1-10-5-3-4-6-11(10)7-13(16)15-8-12(14)9-17-2/h3-6,12H,7-9H2,1-2H3,(H,15,16). The van der Waals surface area contributed by atoms with E-state index in [0.717, 1.165) is 11.1 Å². The first-order valence-corrected chi connectivity index (χ1v) is 6.49. The second-order valence-corrected chi connectivity index (χ2v) is 5.25. The first-order valence-electron chi connectivity index (χ1n) is 5.57. The van der Waals surface area contributed by atoms with Crippen LogP contribution in [0.15, 0.2) is 24.3 Å². The molecule has 0 heterocycles. The van der Waals surface area contributed by atoms with E-state index in [0.29, 0.717) is 19.6 Å². The molecule has 17 heavy (non-hydrogen) atoms. The molecule has 0 aliphatic rings. The van der Waals surface area contributed by atoms with Crippen LogP contribution in [0.4, 0.5) is 0 Å². The van der Waals surface area contributed by atoms with Gasteiger partial charge in [-0.3, -0.25) is 4.79 Å². The third-order valence-electron chi connectivity index (χ3n) is 2.48. The number of halogens is 1. The van der Waals surface area contributed by atoms with Crippen molar-refractivity contribution in [1.29, 1.82) is 0 Å². The lowest BCUT2D eigenvalue weighted by Crippen LogP contribution is -2.32. The van der Waals surface area contributed by atoms with Gasteiger partial charge in [0.15, 0.2) is 0 Å². The van der Waals surface area contributed by atoms with Crippen LogP contribution in [0.2, 0.25) is 0 Å². The summed E-state index contributed by atoms with van der Waals surface area (Å²) >= 11 is 3.43. The zero-order valence-corrected chi connectivity index (χ0v) is 11.8. The van der Waals surface area contributed by atoms with Gasteiger partial charge < -0.3 is 10.1 Å². The van der Waals surface area contributed by atoms with E-state index in [1.54, 1.807) is 7.11 Å². The average Bonchev–Trinajstić information content (AvgIpc) is 2.30. The maximum Gasteiger partial charge on any atom is 0.224 e. The van der Waals surface area contributed by atoms with E-state index in [-0.39, 0.29) is 10.7 Å². The van der Waals surface area contributed by atoms with Gasteiger partial charge in [0.05, 0.1) is 17.9 Å². The van der Waals surface area contributed by atoms with Gasteiger partial charge in [0, 0.05) is 13.7 Å². The van der Waals surface area contributed by atoms with E-state index < -0.39 is 0 Å². The Balaban J connectivity index is 2.37. The highest BCUT2D eigenvalue weighted by molar-refractivity contribution is 9.09. The van der Waals surface area contributed by atoms with Gasteiger partial charge in [0.1, 0.15) is 0 Å². The molecule has 0 spiro atoms. The molecule has 3 nitrogen and oxygen atoms in total. The van der Waals surface area contributed by atoms with Gasteiger partial charge in [-0.25, -0.2) is 0 Å². The molecular weight excluding hydrogens is 282 g/mol. The Labute approximate surface area is 111 Å². The molecule has 0 fully saturated rings. The van der Waals surface area contributed by atoms with Crippen LogP contribution in [0.3, 0.4) is 0 Å². The fourth-order valence-corrected chi connectivity index (χ4v) is 1.93. The molecule has 1 atom stereocenters. The number of amides is 1. The number of carbonyl (C=O) groups is 1. The molecule has 1 amide bonds. The highest BCUT2D eigenvalue weighted by Gasteiger charge is 2.08. The van der Waals surface area contributed by atoms with Crippen LogP contribution in [-0.4, -0.2) is 31.0 Å². The fourth-order valence-electron chi connectivity index (χ4n) is 1.51. The Morgan fingerprint density at radius 2 is 2.18 bits per heavy atom. The number of aryl methyl sites for hydroxylation is 1. The lowest BCUT2D eigenvalue weighted by molar-refractivity contribution is -0.120. The van der Waals surface area contributed by atoms with Crippen LogP contribution in [-0.2, 0) is 16.0 Å². The minimum absolute atomic E-state index is 0.0415. The summed E-state index contributed by atoms with van der Waals surface area (Å²) in [4.78, 5) is 11.9. The molecule has 0 aliphatic carbocycles. The average molecular weight is 300 g/mol. The first-order chi connectivity index (χ1) is 8.13. The molecule has 0 saturated carbocycles. The van der Waals surface area contributed by atoms with Crippen LogP contribution < -0.4 is 5.32 Å². The van der Waals surface area contributed by atoms with Gasteiger partial charge in [0.25, 0.3) is 0 Å². The van der Waals surface area contributed by atoms with Crippen molar-refractivity contribution in [3.63, 3.8) is 0 Å². The molecular formula is C13H18BrNO2. The quantitative estimate of drug-likeness (QED) is 0.817. The fraction of sp³-hybridized carbons (Fsp3) is 0.462. The van der Waals surface area contributed by atoms with Crippen molar-refractivity contribution in [3.05, 3.63) is 35.4 Å². The van der Waals surface area contributed by atoms with Gasteiger partial charge in [-0.15, -0.1) is 0 Å². The van der Waals surface area contributed by atoms with Crippen LogP contribution in [0.1, 0.15) is 11.1 Å². The summed E-state index contributed by atoms with van der Waals surface area (Å²) in [5, 5.41) is 2.88. The smallest absolute Gasteiger partial charge is 0.224 e. The van der Waals surface area contributed by atoms with Gasteiger partial charge in [-0.2, -0.15) is 0 Å². The van der Waals surface area contributed by atoms with Gasteiger partial charge >= 0.3 is 0 Å². The second-order valence-electron chi connectivity index (χ2n) is 3.96. The Hall–Kier alpha value is -0.870. The third kappa shape index (κ3) is 5.33. The number of carbonyl (C=O) groups excluding carboxylic acids is 1. The van der Waals surface area contributed by atoms with E-state index in [9.17, 15) is 4.79 Å². The number of alkyl halides is 1. The summed E-state index contributed by atoms with van der Waals surface area (Å²) in [6.07, 6.45) is 0.430. The van der Waals surface area contributed by atoms with Crippen molar-refractivity contribution in [2.24, 2.45) is 0 Å². The number of ether oxygens (including phenoxy) is 1. The number of hydrogen-bond donors (Lipinski definition) is 1. The maximum atomic E-state index is 11.7. The molecule has 0 bridgehead atoms. The molecule has 1 aromatic rings. The summed E-state index contributed by atoms with van der Waals surface area (Å²) in [5.74, 6) is 0.0415. The lowest BCUT2D eigenvalue weighted by Gasteiger charge is -2.11. The molecule has 0 radical (unpaired) electrons. The summed E-state index contributed by atoms with van der Waals surface area (Å²) in [6.45, 7) is 3.18. The van der Waals surface area contributed by atoms with Crippen molar-refractivity contribution >= 4 is 21.8 Å². The molecule has 1 rings (SSSR count). The van der Waals surface area contributed by atoms with E-state index in [1.165, 1.54) is 0 Å². The van der Waals surface area contributed by atoms with Crippen molar-refractivity contribution in [3.8, 4) is 0 Å². The van der Waals surface area contributed by atoms with Crippen molar-refractivity contribution in [2.45, 2.75) is 18.2 Å². The number of rotatable bonds is 6. The number of benzene rings is 1. The van der Waals surface area contributed by atoms with Gasteiger partial charge in [0.2, 0.25) is 5.91 Å². The Bertz CT molecular complexity index is 368. The first kappa shape index (κ1) is 14.2. The topological polar surface area (TPSA) is 38.3 Å². The number of methoxy groups -OCH3 is 1. The molecule has 94 valence electrons. The van der Waals surface area contributed by atoms with Gasteiger partial charge in [-0.1, -0.05) is 40.2 Å². The highest BCUT2D eigenvalue weighted by atomic mass is 79.9. The van der Waals surface area contributed by atoms with Crippen LogP contribution in [0.5, 0.6) is 0 Å². The summed E-state index contributed by atoms with van der Waals surface area (Å²) in [6, 6.07) is 7.92. The summed E-state index contributed by atoms with van der Waals surface area (Å²) in [7, 11) is 1.64. The predicted octanol–water partition coefficient (Wildman–Crippen LogP) is 2.06. The minimum Gasteiger partial charge on any atom is -0.383 e. The zero-order chi connectivity index (χ0) is 12.7. The number of hydrogen-bond acceptors (Lipinski definition) is 2. The monoisotopic (exact) mass is 299 g/mol. The van der Waals surface area contributed by atoms with E-state index >= 15 is 0 Å². The maximum absolute atomic E-state index is 11.7. The van der Waals surface area contributed by atoms with Crippen LogP contribution in [0, 0.1) is 6.92 Å². The molecule has 0 saturated heterocycles. The van der Waals surface area contributed by atoms with Crippen LogP contribution >= 0.6 is 15.9 Å². The van der Waals surface area contributed by atoms with E-state index in [1.807, 2.05) is 31.2 Å². The van der Waals surface area contributed by atoms with Gasteiger partial charge in [-0.05, 0) is 18.1 Å². The molecule has 0 aromatic heterocycles. The van der Waals surface area contributed by atoms with Crippen molar-refractivity contribution in [1.82, 2.24) is 5.32 Å². The number of nitrogens with one attached hydrogen (secondary N) is 1. The molecule has 4 heteroatoms. The normalized spacial score (nSPS) is 12.2. The third-order valence-corrected chi connectivity index (χ3v) is 3.07.